The van der Waals surface area contributed by atoms with E-state index >= 15 is 0 Å². The highest BCUT2D eigenvalue weighted by atomic mass is 32.2. The first kappa shape index (κ1) is 22.4. The molecule has 0 aliphatic carbocycles. The number of para-hydroxylation sites is 1. The fourth-order valence-electron chi connectivity index (χ4n) is 2.46. The van der Waals surface area contributed by atoms with Crippen molar-refractivity contribution in [3.63, 3.8) is 0 Å². The topological polar surface area (TPSA) is 102 Å². The highest BCUT2D eigenvalue weighted by Crippen LogP contribution is 2.22. The van der Waals surface area contributed by atoms with Gasteiger partial charge >= 0.3 is 5.97 Å². The summed E-state index contributed by atoms with van der Waals surface area (Å²) in [5.41, 5.74) is 2.18. The average molecular weight is 420 g/mol. The van der Waals surface area contributed by atoms with Crippen LogP contribution in [-0.4, -0.2) is 51.9 Å². The summed E-state index contributed by atoms with van der Waals surface area (Å²) in [6.45, 7) is 2.95. The molecule has 2 aromatic rings. The van der Waals surface area contributed by atoms with Gasteiger partial charge < -0.3 is 14.8 Å². The Morgan fingerprint density at radius 2 is 1.55 bits per heavy atom. The Kier molecular flexibility index (Phi) is 7.35. The van der Waals surface area contributed by atoms with Gasteiger partial charge in [-0.3, -0.25) is 4.79 Å². The second-order valence-corrected chi connectivity index (χ2v) is 8.68. The van der Waals surface area contributed by atoms with Crippen LogP contribution < -0.4 is 10.1 Å². The van der Waals surface area contributed by atoms with E-state index in [0.717, 1.165) is 15.4 Å². The molecule has 0 heterocycles. The summed E-state index contributed by atoms with van der Waals surface area (Å²) in [6, 6.07) is 11.3. The summed E-state index contributed by atoms with van der Waals surface area (Å²) >= 11 is 0. The van der Waals surface area contributed by atoms with E-state index in [-0.39, 0.29) is 11.5 Å². The molecule has 2 aromatic carbocycles. The van der Waals surface area contributed by atoms with Crippen molar-refractivity contribution >= 4 is 27.6 Å². The molecule has 2 rings (SSSR count). The standard InChI is InChI=1S/C20H24N2O6S/c1-14-6-5-7-15(2)20(14)28-13-19(24)27-12-18(23)21-16-8-10-17(11-9-16)29(25,26)22(3)4/h5-11H,12-13H2,1-4H3,(H,21,23). The van der Waals surface area contributed by atoms with Crippen LogP contribution in [0.5, 0.6) is 5.75 Å². The number of nitrogens with one attached hydrogen (secondary N) is 1. The van der Waals surface area contributed by atoms with Crippen molar-refractivity contribution < 1.29 is 27.5 Å². The molecule has 8 nitrogen and oxygen atoms in total. The van der Waals surface area contributed by atoms with Crippen LogP contribution >= 0.6 is 0 Å². The van der Waals surface area contributed by atoms with E-state index in [1.807, 2.05) is 32.0 Å². The molecule has 1 amide bonds. The average Bonchev–Trinajstić information content (AvgIpc) is 2.66. The third-order valence-corrected chi connectivity index (χ3v) is 5.85. The Morgan fingerprint density at radius 1 is 0.966 bits per heavy atom. The third kappa shape index (κ3) is 6.03. The van der Waals surface area contributed by atoms with Gasteiger partial charge in [-0.1, -0.05) is 18.2 Å². The Balaban J connectivity index is 1.83. The van der Waals surface area contributed by atoms with Crippen molar-refractivity contribution in [1.29, 1.82) is 0 Å². The molecule has 0 radical (unpaired) electrons. The molecule has 0 saturated heterocycles. The first-order valence-corrected chi connectivity index (χ1v) is 10.2. The molecule has 1 N–H and O–H groups in total. The summed E-state index contributed by atoms with van der Waals surface area (Å²) in [7, 11) is -0.674. The van der Waals surface area contributed by atoms with Gasteiger partial charge in [0.1, 0.15) is 5.75 Å². The van der Waals surface area contributed by atoms with Crippen molar-refractivity contribution in [2.45, 2.75) is 18.7 Å². The van der Waals surface area contributed by atoms with Crippen LogP contribution in [0.4, 0.5) is 5.69 Å². The smallest absolute Gasteiger partial charge is 0.344 e. The minimum absolute atomic E-state index is 0.107. The summed E-state index contributed by atoms with van der Waals surface area (Å²) in [6.07, 6.45) is 0. The van der Waals surface area contributed by atoms with Gasteiger partial charge in [-0.2, -0.15) is 0 Å². The molecule has 0 saturated carbocycles. The summed E-state index contributed by atoms with van der Waals surface area (Å²) < 4.78 is 35.5. The number of hydrogen-bond donors (Lipinski definition) is 1. The van der Waals surface area contributed by atoms with Crippen LogP contribution in [0.2, 0.25) is 0 Å². The lowest BCUT2D eigenvalue weighted by molar-refractivity contribution is -0.149. The maximum atomic E-state index is 12.0. The molecule has 156 valence electrons. The zero-order valence-corrected chi connectivity index (χ0v) is 17.6. The van der Waals surface area contributed by atoms with E-state index in [1.54, 1.807) is 0 Å². The van der Waals surface area contributed by atoms with E-state index < -0.39 is 28.5 Å². The van der Waals surface area contributed by atoms with Crippen LogP contribution in [0.25, 0.3) is 0 Å². The Hall–Kier alpha value is -2.91. The number of rotatable bonds is 8. The number of anilines is 1. The second kappa shape index (κ2) is 9.53. The van der Waals surface area contributed by atoms with Crippen LogP contribution in [0.1, 0.15) is 11.1 Å². The Labute approximate surface area is 170 Å². The van der Waals surface area contributed by atoms with E-state index in [4.69, 9.17) is 9.47 Å². The Morgan fingerprint density at radius 3 is 2.10 bits per heavy atom. The summed E-state index contributed by atoms with van der Waals surface area (Å²) in [5, 5.41) is 2.53. The predicted octanol–water partition coefficient (Wildman–Crippen LogP) is 2.11. The highest BCUT2D eigenvalue weighted by Gasteiger charge is 2.17. The minimum Gasteiger partial charge on any atom is -0.481 e. The molecule has 29 heavy (non-hydrogen) atoms. The van der Waals surface area contributed by atoms with E-state index in [1.165, 1.54) is 38.4 Å². The van der Waals surface area contributed by atoms with Crippen LogP contribution in [-0.2, 0) is 24.3 Å². The van der Waals surface area contributed by atoms with Gasteiger partial charge in [0.05, 0.1) is 4.90 Å². The fraction of sp³-hybridized carbons (Fsp3) is 0.300. The molecular weight excluding hydrogens is 396 g/mol. The molecular formula is C20H24N2O6S. The lowest BCUT2D eigenvalue weighted by atomic mass is 10.1. The number of aryl methyl sites for hydroxylation is 2. The quantitative estimate of drug-likeness (QED) is 0.657. The predicted molar refractivity (Wildman–Crippen MR) is 108 cm³/mol. The van der Waals surface area contributed by atoms with Crippen molar-refractivity contribution in [3.8, 4) is 5.75 Å². The van der Waals surface area contributed by atoms with Crippen LogP contribution in [0, 0.1) is 13.8 Å². The van der Waals surface area contributed by atoms with Gasteiger partial charge in [0.2, 0.25) is 10.0 Å². The van der Waals surface area contributed by atoms with Gasteiger partial charge in [0.15, 0.2) is 13.2 Å². The molecule has 0 aliphatic rings. The molecule has 0 aliphatic heterocycles. The van der Waals surface area contributed by atoms with E-state index in [0.29, 0.717) is 11.4 Å². The Bertz CT molecular complexity index is 964. The molecule has 9 heteroatoms. The zero-order valence-electron chi connectivity index (χ0n) is 16.8. The van der Waals surface area contributed by atoms with Crippen molar-refractivity contribution in [2.24, 2.45) is 0 Å². The first-order chi connectivity index (χ1) is 13.6. The van der Waals surface area contributed by atoms with E-state index in [9.17, 15) is 18.0 Å². The van der Waals surface area contributed by atoms with Gasteiger partial charge in [-0.05, 0) is 49.2 Å². The molecule has 0 bridgehead atoms. The van der Waals surface area contributed by atoms with Gasteiger partial charge in [0.25, 0.3) is 5.91 Å². The summed E-state index contributed by atoms with van der Waals surface area (Å²) in [4.78, 5) is 23.9. The zero-order chi connectivity index (χ0) is 21.6. The third-order valence-electron chi connectivity index (χ3n) is 4.02. The fourth-order valence-corrected chi connectivity index (χ4v) is 3.37. The maximum Gasteiger partial charge on any atom is 0.344 e. The number of benzene rings is 2. The number of sulfonamides is 1. The second-order valence-electron chi connectivity index (χ2n) is 6.53. The lowest BCUT2D eigenvalue weighted by Gasteiger charge is -2.12. The molecule has 0 unspecified atom stereocenters. The number of ether oxygens (including phenoxy) is 2. The monoisotopic (exact) mass is 420 g/mol. The van der Waals surface area contributed by atoms with Gasteiger partial charge in [-0.15, -0.1) is 0 Å². The number of carbonyl (C=O) groups excluding carboxylic acids is 2. The van der Waals surface area contributed by atoms with Gasteiger partial charge in [-0.25, -0.2) is 17.5 Å². The lowest BCUT2D eigenvalue weighted by Crippen LogP contribution is -2.24. The van der Waals surface area contributed by atoms with Crippen LogP contribution in [0.15, 0.2) is 47.4 Å². The molecule has 0 atom stereocenters. The number of hydrogen-bond acceptors (Lipinski definition) is 6. The van der Waals surface area contributed by atoms with E-state index in [2.05, 4.69) is 5.32 Å². The minimum atomic E-state index is -3.54. The number of amides is 1. The van der Waals surface area contributed by atoms with Gasteiger partial charge in [0, 0.05) is 19.8 Å². The highest BCUT2D eigenvalue weighted by molar-refractivity contribution is 7.89. The van der Waals surface area contributed by atoms with Crippen molar-refractivity contribution in [1.82, 2.24) is 4.31 Å². The number of nitrogens with zero attached hydrogens (tertiary/aromatic N) is 1. The largest absolute Gasteiger partial charge is 0.481 e. The maximum absolute atomic E-state index is 12.0. The first-order valence-electron chi connectivity index (χ1n) is 8.78. The normalized spacial score (nSPS) is 11.2. The van der Waals surface area contributed by atoms with Crippen LogP contribution in [0.3, 0.4) is 0 Å². The SMILES string of the molecule is Cc1cccc(C)c1OCC(=O)OCC(=O)Nc1ccc(S(=O)(=O)N(C)C)cc1. The molecule has 0 fully saturated rings. The van der Waals surface area contributed by atoms with Crippen molar-refractivity contribution in [2.75, 3.05) is 32.6 Å². The summed E-state index contributed by atoms with van der Waals surface area (Å²) in [5.74, 6) is -0.606. The molecule has 0 spiro atoms. The van der Waals surface area contributed by atoms with Crippen molar-refractivity contribution in [3.05, 3.63) is 53.6 Å². The number of carbonyl (C=O) groups is 2. The molecule has 0 aromatic heterocycles. The number of esters is 1.